The number of pyridine rings is 1. The van der Waals surface area contributed by atoms with Crippen molar-refractivity contribution in [1.29, 1.82) is 0 Å². The van der Waals surface area contributed by atoms with Gasteiger partial charge in [0.1, 0.15) is 0 Å². The van der Waals surface area contributed by atoms with Gasteiger partial charge in [-0.05, 0) is 25.3 Å². The minimum absolute atomic E-state index is 0.427. The lowest BCUT2D eigenvalue weighted by molar-refractivity contribution is 0.159. The van der Waals surface area contributed by atoms with E-state index in [0.29, 0.717) is 22.2 Å². The first-order valence-corrected chi connectivity index (χ1v) is 6.50. The third-order valence-electron chi connectivity index (χ3n) is 2.54. The smallest absolute Gasteiger partial charge is 0.0974 e. The Morgan fingerprint density at radius 3 is 2.76 bits per heavy atom. The van der Waals surface area contributed by atoms with Gasteiger partial charge in [0, 0.05) is 6.20 Å². The van der Waals surface area contributed by atoms with Crippen LogP contribution in [0, 0.1) is 0 Å². The summed E-state index contributed by atoms with van der Waals surface area (Å²) in [5, 5.41) is 10.8. The first-order valence-electron chi connectivity index (χ1n) is 5.75. The maximum absolute atomic E-state index is 9.94. The van der Waals surface area contributed by atoms with Gasteiger partial charge in [0.25, 0.3) is 0 Å². The zero-order valence-corrected chi connectivity index (χ0v) is 11.2. The van der Waals surface area contributed by atoms with Crippen LogP contribution in [0.4, 0.5) is 0 Å². The van der Waals surface area contributed by atoms with Gasteiger partial charge < -0.3 is 5.11 Å². The van der Waals surface area contributed by atoms with E-state index in [2.05, 4.69) is 11.6 Å². The predicted octanol–water partition coefficient (Wildman–Crippen LogP) is 4.56. The fraction of sp³-hybridized carbons (Fsp3) is 0.462. The lowest BCUT2D eigenvalue weighted by Crippen LogP contribution is -2.01. The van der Waals surface area contributed by atoms with Gasteiger partial charge in [-0.1, -0.05) is 42.1 Å². The Balaban J connectivity index is 2.41. The molecule has 1 aromatic heterocycles. The molecule has 0 aliphatic heterocycles. The van der Waals surface area contributed by atoms with Crippen LogP contribution < -0.4 is 0 Å². The monoisotopic (exact) mass is 273 g/mol. The van der Waals surface area contributed by atoms with E-state index < -0.39 is 6.10 Å². The second-order valence-electron chi connectivity index (χ2n) is 3.96. The standard InChI is InChI=1S/C13H17Cl2NO/c1-2-3-4-5-6-7-12(17)13-11(15)8-10(14)9-16-13/h2,8-9,12,17H,1,3-7H2. The number of hydrogen-bond acceptors (Lipinski definition) is 2. The van der Waals surface area contributed by atoms with Gasteiger partial charge >= 0.3 is 0 Å². The highest BCUT2D eigenvalue weighted by Crippen LogP contribution is 2.26. The zero-order valence-electron chi connectivity index (χ0n) is 9.70. The molecular weight excluding hydrogens is 257 g/mol. The highest BCUT2D eigenvalue weighted by molar-refractivity contribution is 6.34. The summed E-state index contributed by atoms with van der Waals surface area (Å²) in [6.07, 6.45) is 7.64. The number of unbranched alkanes of at least 4 members (excludes halogenated alkanes) is 3. The van der Waals surface area contributed by atoms with Crippen molar-refractivity contribution in [1.82, 2.24) is 4.98 Å². The molecule has 0 spiro atoms. The number of rotatable bonds is 7. The van der Waals surface area contributed by atoms with Crippen molar-refractivity contribution < 1.29 is 5.11 Å². The van der Waals surface area contributed by atoms with Crippen LogP contribution in [0.1, 0.15) is 43.9 Å². The molecule has 1 N–H and O–H groups in total. The fourth-order valence-corrected chi connectivity index (χ4v) is 2.12. The number of allylic oxidation sites excluding steroid dienone is 1. The first-order chi connectivity index (χ1) is 8.15. The molecule has 94 valence electrons. The molecule has 1 aromatic rings. The summed E-state index contributed by atoms with van der Waals surface area (Å²) < 4.78 is 0. The maximum atomic E-state index is 9.94. The Labute approximate surface area is 112 Å². The highest BCUT2D eigenvalue weighted by Gasteiger charge is 2.13. The van der Waals surface area contributed by atoms with E-state index in [-0.39, 0.29) is 0 Å². The quantitative estimate of drug-likeness (QED) is 0.584. The van der Waals surface area contributed by atoms with Crippen molar-refractivity contribution in [2.45, 2.75) is 38.2 Å². The van der Waals surface area contributed by atoms with Gasteiger partial charge in [-0.3, -0.25) is 4.98 Å². The highest BCUT2D eigenvalue weighted by atomic mass is 35.5. The van der Waals surface area contributed by atoms with Crippen molar-refractivity contribution >= 4 is 23.2 Å². The molecule has 0 aliphatic rings. The van der Waals surface area contributed by atoms with E-state index in [4.69, 9.17) is 23.2 Å². The average Bonchev–Trinajstić information content (AvgIpc) is 2.28. The normalized spacial score (nSPS) is 12.4. The van der Waals surface area contributed by atoms with E-state index >= 15 is 0 Å². The molecule has 4 heteroatoms. The largest absolute Gasteiger partial charge is 0.387 e. The number of aliphatic hydroxyl groups excluding tert-OH is 1. The van der Waals surface area contributed by atoms with Gasteiger partial charge in [-0.25, -0.2) is 0 Å². The fourth-order valence-electron chi connectivity index (χ4n) is 1.61. The molecule has 0 radical (unpaired) electrons. The van der Waals surface area contributed by atoms with Gasteiger partial charge in [-0.15, -0.1) is 6.58 Å². The van der Waals surface area contributed by atoms with Crippen LogP contribution >= 0.6 is 23.2 Å². The van der Waals surface area contributed by atoms with E-state index in [1.165, 1.54) is 6.20 Å². The molecule has 1 atom stereocenters. The third kappa shape index (κ3) is 5.07. The van der Waals surface area contributed by atoms with Crippen LogP contribution in [0.25, 0.3) is 0 Å². The topological polar surface area (TPSA) is 33.1 Å². The molecule has 0 saturated carbocycles. The Morgan fingerprint density at radius 1 is 1.35 bits per heavy atom. The summed E-state index contributed by atoms with van der Waals surface area (Å²) in [7, 11) is 0. The maximum Gasteiger partial charge on any atom is 0.0974 e. The zero-order chi connectivity index (χ0) is 12.7. The molecule has 1 rings (SSSR count). The van der Waals surface area contributed by atoms with Crippen molar-refractivity contribution in [2.24, 2.45) is 0 Å². The van der Waals surface area contributed by atoms with E-state index in [1.807, 2.05) is 6.08 Å². The Hall–Kier alpha value is -0.570. The van der Waals surface area contributed by atoms with E-state index in [0.717, 1.165) is 25.7 Å². The average molecular weight is 274 g/mol. The summed E-state index contributed by atoms with van der Waals surface area (Å²) in [4.78, 5) is 4.06. The first kappa shape index (κ1) is 14.5. The third-order valence-corrected chi connectivity index (χ3v) is 3.05. The van der Waals surface area contributed by atoms with Crippen LogP contribution in [0.3, 0.4) is 0 Å². The van der Waals surface area contributed by atoms with Crippen molar-refractivity contribution in [3.05, 3.63) is 40.7 Å². The Morgan fingerprint density at radius 2 is 2.12 bits per heavy atom. The minimum Gasteiger partial charge on any atom is -0.387 e. The predicted molar refractivity (Wildman–Crippen MR) is 72.5 cm³/mol. The Bertz CT molecular complexity index is 368. The summed E-state index contributed by atoms with van der Waals surface area (Å²) in [6.45, 7) is 3.67. The Kier molecular flexibility index (Phi) is 6.56. The summed E-state index contributed by atoms with van der Waals surface area (Å²) >= 11 is 11.7. The molecule has 0 aliphatic carbocycles. The van der Waals surface area contributed by atoms with Crippen molar-refractivity contribution in [3.63, 3.8) is 0 Å². The van der Waals surface area contributed by atoms with Crippen LogP contribution in [0.5, 0.6) is 0 Å². The summed E-state index contributed by atoms with van der Waals surface area (Å²) in [6, 6.07) is 1.60. The lowest BCUT2D eigenvalue weighted by Gasteiger charge is -2.11. The number of aliphatic hydroxyl groups is 1. The van der Waals surface area contributed by atoms with Gasteiger partial charge in [0.15, 0.2) is 0 Å². The molecule has 0 amide bonds. The van der Waals surface area contributed by atoms with Crippen LogP contribution in [0.2, 0.25) is 10.0 Å². The lowest BCUT2D eigenvalue weighted by atomic mass is 10.1. The van der Waals surface area contributed by atoms with Crippen LogP contribution in [0.15, 0.2) is 24.9 Å². The van der Waals surface area contributed by atoms with Gasteiger partial charge in [0.2, 0.25) is 0 Å². The molecule has 0 fully saturated rings. The van der Waals surface area contributed by atoms with Crippen LogP contribution in [-0.2, 0) is 0 Å². The molecule has 0 bridgehead atoms. The molecule has 0 saturated heterocycles. The van der Waals surface area contributed by atoms with Gasteiger partial charge in [0.05, 0.1) is 21.8 Å². The summed E-state index contributed by atoms with van der Waals surface area (Å²) in [5.41, 5.74) is 0.514. The SMILES string of the molecule is C=CCCCCCC(O)c1ncc(Cl)cc1Cl. The number of aromatic nitrogens is 1. The second-order valence-corrected chi connectivity index (χ2v) is 4.81. The second kappa shape index (κ2) is 7.70. The minimum atomic E-state index is -0.608. The molecular formula is C13H17Cl2NO. The number of hydrogen-bond donors (Lipinski definition) is 1. The van der Waals surface area contributed by atoms with Crippen molar-refractivity contribution in [3.8, 4) is 0 Å². The van der Waals surface area contributed by atoms with Gasteiger partial charge in [-0.2, -0.15) is 0 Å². The molecule has 0 aromatic carbocycles. The molecule has 17 heavy (non-hydrogen) atoms. The summed E-state index contributed by atoms with van der Waals surface area (Å²) in [5.74, 6) is 0. The van der Waals surface area contributed by atoms with E-state index in [1.54, 1.807) is 6.07 Å². The molecule has 2 nitrogen and oxygen atoms in total. The molecule has 1 unspecified atom stereocenters. The molecule has 1 heterocycles. The van der Waals surface area contributed by atoms with E-state index in [9.17, 15) is 5.11 Å². The number of nitrogens with zero attached hydrogens (tertiary/aromatic N) is 1. The van der Waals surface area contributed by atoms with Crippen LogP contribution in [-0.4, -0.2) is 10.1 Å². The number of halogens is 2. The van der Waals surface area contributed by atoms with Crippen molar-refractivity contribution in [2.75, 3.05) is 0 Å².